The van der Waals surface area contributed by atoms with Crippen LogP contribution in [0.5, 0.6) is 0 Å². The highest BCUT2D eigenvalue weighted by atomic mass is 28.3. The van der Waals surface area contributed by atoms with Gasteiger partial charge in [0.1, 0.15) is 16.1 Å². The Morgan fingerprint density at radius 1 is 0.320 bits per heavy atom. The van der Waals surface area contributed by atoms with Gasteiger partial charge in [-0.25, -0.2) is 0 Å². The molecule has 0 aromatic rings. The molecular formula is C48H54Si2. The molecular weight excluding hydrogens is 633 g/mol. The average molecular weight is 687 g/mol. The van der Waals surface area contributed by atoms with Crippen molar-refractivity contribution in [3.63, 3.8) is 0 Å². The zero-order valence-electron chi connectivity index (χ0n) is 33.7. The van der Waals surface area contributed by atoms with Gasteiger partial charge >= 0.3 is 0 Å². The topological polar surface area (TPSA) is 0 Å². The van der Waals surface area contributed by atoms with Gasteiger partial charge in [0.05, 0.1) is 22.3 Å². The molecule has 0 bridgehead atoms. The van der Waals surface area contributed by atoms with Crippen LogP contribution in [0.25, 0.3) is 0 Å². The normalized spacial score (nSPS) is 9.04. The second-order valence-electron chi connectivity index (χ2n) is 14.6. The Bertz CT molecular complexity index is 2040. The highest BCUT2D eigenvalue weighted by Crippen LogP contribution is 2.40. The molecule has 0 atom stereocenters. The van der Waals surface area contributed by atoms with Gasteiger partial charge in [0.15, 0.2) is 0 Å². The van der Waals surface area contributed by atoms with Gasteiger partial charge in [-0.2, -0.15) is 0 Å². The third kappa shape index (κ3) is 17.4. The maximum atomic E-state index is 3.76. The van der Waals surface area contributed by atoms with Gasteiger partial charge in [-0.1, -0.05) is 95.3 Å². The number of allylic oxidation sites excluding steroid dienone is 8. The molecule has 0 saturated carbocycles. The van der Waals surface area contributed by atoms with Gasteiger partial charge < -0.3 is 0 Å². The van der Waals surface area contributed by atoms with E-state index in [2.05, 4.69) is 193 Å². The molecule has 0 spiro atoms. The minimum Gasteiger partial charge on any atom is -0.126 e. The third-order valence-electron chi connectivity index (χ3n) is 7.40. The van der Waals surface area contributed by atoms with Crippen molar-refractivity contribution in [1.29, 1.82) is 0 Å². The maximum absolute atomic E-state index is 3.76. The summed E-state index contributed by atoms with van der Waals surface area (Å²) < 4.78 is 0. The van der Waals surface area contributed by atoms with Crippen molar-refractivity contribution in [1.82, 2.24) is 0 Å². The van der Waals surface area contributed by atoms with E-state index in [0.29, 0.717) is 27.8 Å². The summed E-state index contributed by atoms with van der Waals surface area (Å²) in [6.45, 7) is 36.5. The van der Waals surface area contributed by atoms with Gasteiger partial charge in [0.2, 0.25) is 0 Å². The van der Waals surface area contributed by atoms with Gasteiger partial charge in [-0.05, 0) is 167 Å². The molecule has 0 aromatic heterocycles. The van der Waals surface area contributed by atoms with Crippen molar-refractivity contribution in [2.45, 2.75) is 133 Å². The van der Waals surface area contributed by atoms with E-state index < -0.39 is 16.1 Å². The summed E-state index contributed by atoms with van der Waals surface area (Å²) in [7, 11) is -3.33. The van der Waals surface area contributed by atoms with Gasteiger partial charge in [-0.3, -0.25) is 0 Å². The minimum absolute atomic E-state index is 0.565. The largest absolute Gasteiger partial charge is 0.146 e. The van der Waals surface area contributed by atoms with Crippen LogP contribution in [0.1, 0.15) is 96.9 Å². The lowest BCUT2D eigenvalue weighted by Crippen LogP contribution is -2.43. The van der Waals surface area contributed by atoms with Crippen LogP contribution in [0, 0.1) is 118 Å². The van der Waals surface area contributed by atoms with E-state index in [1.165, 1.54) is 0 Å². The van der Waals surface area contributed by atoms with Gasteiger partial charge in [0, 0.05) is 0 Å². The lowest BCUT2D eigenvalue weighted by Gasteiger charge is -2.38. The molecule has 0 fully saturated rings. The number of hydrogen-bond acceptors (Lipinski definition) is 0. The summed E-state index contributed by atoms with van der Waals surface area (Å²) in [6.07, 6.45) is 0. The molecule has 0 radical (unpaired) electrons. The second kappa shape index (κ2) is 22.6. The van der Waals surface area contributed by atoms with Crippen molar-refractivity contribution in [3.05, 3.63) is 44.6 Å². The second-order valence-corrected chi connectivity index (χ2v) is 25.0. The lowest BCUT2D eigenvalue weighted by molar-refractivity contribution is 0.838. The first kappa shape index (κ1) is 45.0. The fourth-order valence-electron chi connectivity index (χ4n) is 4.67. The van der Waals surface area contributed by atoms with Crippen molar-refractivity contribution < 1.29 is 0 Å². The smallest absolute Gasteiger partial charge is 0.126 e. The van der Waals surface area contributed by atoms with E-state index in [-0.39, 0.29) is 0 Å². The van der Waals surface area contributed by atoms with Crippen LogP contribution in [0.15, 0.2) is 44.6 Å². The zero-order chi connectivity index (χ0) is 38.5. The van der Waals surface area contributed by atoms with Crippen LogP contribution >= 0.6 is 0 Å². The van der Waals surface area contributed by atoms with Crippen LogP contribution < -0.4 is 0 Å². The molecule has 0 aromatic carbocycles. The van der Waals surface area contributed by atoms with Gasteiger partial charge in [0.25, 0.3) is 0 Å². The maximum Gasteiger partial charge on any atom is 0.146 e. The summed E-state index contributed by atoms with van der Waals surface area (Å²) in [5, 5.41) is 0. The number of hydrogen-bond donors (Lipinski definition) is 0. The molecule has 2 heteroatoms. The first-order valence-corrected chi connectivity index (χ1v) is 22.8. The molecule has 0 aliphatic carbocycles. The highest BCUT2D eigenvalue weighted by molar-refractivity contribution is 6.90. The quantitative estimate of drug-likeness (QED) is 0.205. The molecule has 0 amide bonds. The highest BCUT2D eigenvalue weighted by Gasteiger charge is 2.41. The van der Waals surface area contributed by atoms with Gasteiger partial charge in [-0.15, -0.1) is 11.1 Å². The van der Waals surface area contributed by atoms with E-state index in [1.54, 1.807) is 0 Å². The molecule has 0 unspecified atom stereocenters. The third-order valence-corrected chi connectivity index (χ3v) is 14.6. The van der Waals surface area contributed by atoms with E-state index in [9.17, 15) is 0 Å². The minimum atomic E-state index is -1.85. The molecule has 50 heavy (non-hydrogen) atoms. The fourth-order valence-corrected chi connectivity index (χ4v) is 10.4. The molecule has 0 aliphatic rings. The predicted molar refractivity (Wildman–Crippen MR) is 226 cm³/mol. The summed E-state index contributed by atoms with van der Waals surface area (Å²) in [5.74, 6) is 53.5. The molecule has 0 aliphatic heterocycles. The Balaban J connectivity index is 5.97. The standard InChI is InChI=1S/C48H54Si2/c1-38(2)45(30-24-26-32-47(40(5)6)34-36-49(15,16)17)28-22-20-18-19-21-23-29-46(39(3)4)31-25-27-33-48(41(7)8)35-37-50(42(9)10,43(11)12)44(13)14/h42-44H,1-17H3. The Labute approximate surface area is 310 Å². The lowest BCUT2D eigenvalue weighted by atomic mass is 10.1. The zero-order valence-corrected chi connectivity index (χ0v) is 35.7. The summed E-state index contributed by atoms with van der Waals surface area (Å²) in [6, 6.07) is 0. The summed E-state index contributed by atoms with van der Waals surface area (Å²) in [5.41, 5.74) is 16.0. The first-order valence-electron chi connectivity index (χ1n) is 17.1. The van der Waals surface area contributed by atoms with Crippen LogP contribution in [0.2, 0.25) is 36.3 Å². The summed E-state index contributed by atoms with van der Waals surface area (Å²) in [4.78, 5) is 0. The van der Waals surface area contributed by atoms with E-state index >= 15 is 0 Å². The molecule has 0 heterocycles. The molecule has 0 rings (SSSR count). The molecule has 254 valence electrons. The van der Waals surface area contributed by atoms with Crippen LogP contribution in [0.4, 0.5) is 0 Å². The van der Waals surface area contributed by atoms with E-state index in [0.717, 1.165) is 33.4 Å². The van der Waals surface area contributed by atoms with E-state index in [4.69, 9.17) is 0 Å². The van der Waals surface area contributed by atoms with Crippen molar-refractivity contribution in [3.8, 4) is 118 Å². The van der Waals surface area contributed by atoms with Crippen LogP contribution in [-0.2, 0) is 0 Å². The average Bonchev–Trinajstić information content (AvgIpc) is 2.99. The van der Waals surface area contributed by atoms with Crippen molar-refractivity contribution in [2.24, 2.45) is 0 Å². The van der Waals surface area contributed by atoms with Crippen LogP contribution in [0.3, 0.4) is 0 Å². The fraction of sp³-hybridized carbons (Fsp3) is 0.417. The Kier molecular flexibility index (Phi) is 20.3. The predicted octanol–water partition coefficient (Wildman–Crippen LogP) is 10.5. The van der Waals surface area contributed by atoms with Crippen molar-refractivity contribution in [2.75, 3.05) is 0 Å². The van der Waals surface area contributed by atoms with Crippen LogP contribution in [-0.4, -0.2) is 16.1 Å². The Morgan fingerprint density at radius 2 is 0.540 bits per heavy atom. The monoisotopic (exact) mass is 686 g/mol. The molecule has 0 N–H and O–H groups in total. The Morgan fingerprint density at radius 3 is 0.780 bits per heavy atom. The first-order chi connectivity index (χ1) is 23.3. The Hall–Kier alpha value is -5.01. The van der Waals surface area contributed by atoms with E-state index in [1.807, 2.05) is 41.5 Å². The van der Waals surface area contributed by atoms with Crippen molar-refractivity contribution >= 4 is 16.1 Å². The molecule has 0 saturated heterocycles. The summed E-state index contributed by atoms with van der Waals surface area (Å²) >= 11 is 0. The SMILES string of the molecule is CC(C)=C(C#CC#CC#CC#CC(C#CC#CC(C#C[Si](C(C)C)(C(C)C)C(C)C)=C(C)C)=C(C)C)C#CC#CC(C#C[Si](C)(C)C)=C(C)C. The number of rotatable bonds is 3. The molecule has 0 nitrogen and oxygen atoms in total.